The van der Waals surface area contributed by atoms with E-state index in [9.17, 15) is 4.79 Å². The summed E-state index contributed by atoms with van der Waals surface area (Å²) < 4.78 is 0. The molecular formula is C10H19NO. The number of rotatable bonds is 5. The second-order valence-electron chi connectivity index (χ2n) is 3.86. The molecule has 2 nitrogen and oxygen atoms in total. The summed E-state index contributed by atoms with van der Waals surface area (Å²) in [6.07, 6.45) is 8.42. The summed E-state index contributed by atoms with van der Waals surface area (Å²) >= 11 is 0. The summed E-state index contributed by atoms with van der Waals surface area (Å²) in [7, 11) is 0. The average molecular weight is 169 g/mol. The van der Waals surface area contributed by atoms with Crippen molar-refractivity contribution in [2.24, 2.45) is 17.6 Å². The standard InChI is InChI=1S/C10H19NO/c11-6-5-10(8-12)7-9-3-1-2-4-9/h8-10H,1-7,11H2. The molecule has 0 aliphatic heterocycles. The zero-order valence-corrected chi connectivity index (χ0v) is 7.67. The van der Waals surface area contributed by atoms with Crippen LogP contribution in [0, 0.1) is 11.8 Å². The van der Waals surface area contributed by atoms with E-state index in [1.165, 1.54) is 25.7 Å². The van der Waals surface area contributed by atoms with Crippen molar-refractivity contribution in [2.75, 3.05) is 6.54 Å². The lowest BCUT2D eigenvalue weighted by molar-refractivity contribution is -0.111. The molecule has 70 valence electrons. The fourth-order valence-corrected chi connectivity index (χ4v) is 2.13. The van der Waals surface area contributed by atoms with Crippen molar-refractivity contribution in [3.63, 3.8) is 0 Å². The largest absolute Gasteiger partial charge is 0.330 e. The van der Waals surface area contributed by atoms with Crippen LogP contribution in [0.2, 0.25) is 0 Å². The summed E-state index contributed by atoms with van der Waals surface area (Å²) in [5.74, 6) is 1.05. The van der Waals surface area contributed by atoms with Crippen LogP contribution in [0.3, 0.4) is 0 Å². The molecule has 1 saturated carbocycles. The minimum Gasteiger partial charge on any atom is -0.330 e. The first-order valence-corrected chi connectivity index (χ1v) is 5.02. The van der Waals surface area contributed by atoms with Gasteiger partial charge in [0.1, 0.15) is 6.29 Å². The molecule has 1 aliphatic carbocycles. The molecule has 0 radical (unpaired) electrons. The van der Waals surface area contributed by atoms with Gasteiger partial charge in [0.05, 0.1) is 0 Å². The van der Waals surface area contributed by atoms with Crippen LogP contribution in [-0.4, -0.2) is 12.8 Å². The summed E-state index contributed by atoms with van der Waals surface area (Å²) in [6, 6.07) is 0. The van der Waals surface area contributed by atoms with Gasteiger partial charge < -0.3 is 10.5 Å². The molecule has 2 N–H and O–H groups in total. The van der Waals surface area contributed by atoms with Crippen molar-refractivity contribution in [1.82, 2.24) is 0 Å². The van der Waals surface area contributed by atoms with E-state index in [-0.39, 0.29) is 5.92 Å². The maximum atomic E-state index is 10.6. The van der Waals surface area contributed by atoms with E-state index in [1.807, 2.05) is 0 Å². The molecule has 0 bridgehead atoms. The normalized spacial score (nSPS) is 21.1. The highest BCUT2D eigenvalue weighted by Gasteiger charge is 2.19. The summed E-state index contributed by atoms with van der Waals surface area (Å²) in [5, 5.41) is 0. The first-order chi connectivity index (χ1) is 5.86. The van der Waals surface area contributed by atoms with E-state index in [2.05, 4.69) is 0 Å². The first kappa shape index (κ1) is 9.72. The molecule has 0 saturated heterocycles. The van der Waals surface area contributed by atoms with Gasteiger partial charge in [-0.1, -0.05) is 25.7 Å². The highest BCUT2D eigenvalue weighted by Crippen LogP contribution is 2.30. The Bertz CT molecular complexity index is 130. The topological polar surface area (TPSA) is 43.1 Å². The quantitative estimate of drug-likeness (QED) is 0.637. The van der Waals surface area contributed by atoms with E-state index in [4.69, 9.17) is 5.73 Å². The van der Waals surface area contributed by atoms with E-state index in [0.717, 1.165) is 25.0 Å². The van der Waals surface area contributed by atoms with Crippen LogP contribution in [0.25, 0.3) is 0 Å². The Hall–Kier alpha value is -0.370. The van der Waals surface area contributed by atoms with Crippen molar-refractivity contribution in [1.29, 1.82) is 0 Å². The fourth-order valence-electron chi connectivity index (χ4n) is 2.13. The molecule has 1 fully saturated rings. The lowest BCUT2D eigenvalue weighted by atomic mass is 9.92. The summed E-state index contributed by atoms with van der Waals surface area (Å²) in [4.78, 5) is 10.6. The molecule has 2 heteroatoms. The molecule has 1 atom stereocenters. The zero-order valence-electron chi connectivity index (χ0n) is 7.67. The SMILES string of the molecule is NCCC(C=O)CC1CCCC1. The zero-order chi connectivity index (χ0) is 8.81. The highest BCUT2D eigenvalue weighted by molar-refractivity contribution is 5.53. The van der Waals surface area contributed by atoms with Crippen molar-refractivity contribution in [3.05, 3.63) is 0 Å². The maximum Gasteiger partial charge on any atom is 0.123 e. The molecular weight excluding hydrogens is 150 g/mol. The molecule has 0 amide bonds. The fraction of sp³-hybridized carbons (Fsp3) is 0.900. The van der Waals surface area contributed by atoms with Crippen LogP contribution < -0.4 is 5.73 Å². The van der Waals surface area contributed by atoms with Crippen molar-refractivity contribution < 1.29 is 4.79 Å². The minimum atomic E-state index is 0.234. The molecule has 1 rings (SSSR count). The van der Waals surface area contributed by atoms with Gasteiger partial charge in [-0.05, 0) is 25.3 Å². The Morgan fingerprint density at radius 1 is 1.42 bits per heavy atom. The van der Waals surface area contributed by atoms with Gasteiger partial charge in [-0.15, -0.1) is 0 Å². The third-order valence-electron chi connectivity index (χ3n) is 2.84. The Labute approximate surface area is 74.5 Å². The second kappa shape index (κ2) is 5.31. The molecule has 0 aromatic rings. The van der Waals surface area contributed by atoms with E-state index >= 15 is 0 Å². The number of carbonyl (C=O) groups is 1. The maximum absolute atomic E-state index is 10.6. The molecule has 1 unspecified atom stereocenters. The summed E-state index contributed by atoms with van der Waals surface area (Å²) in [6.45, 7) is 0.649. The van der Waals surface area contributed by atoms with Gasteiger partial charge >= 0.3 is 0 Å². The number of hydrogen-bond acceptors (Lipinski definition) is 2. The highest BCUT2D eigenvalue weighted by atomic mass is 16.1. The van der Waals surface area contributed by atoms with Crippen LogP contribution >= 0.6 is 0 Å². The van der Waals surface area contributed by atoms with E-state index in [0.29, 0.717) is 6.54 Å². The Morgan fingerprint density at radius 3 is 2.58 bits per heavy atom. The lowest BCUT2D eigenvalue weighted by Crippen LogP contribution is -2.13. The molecule has 12 heavy (non-hydrogen) atoms. The number of nitrogens with two attached hydrogens (primary N) is 1. The summed E-state index contributed by atoms with van der Waals surface area (Å²) in [5.41, 5.74) is 5.42. The van der Waals surface area contributed by atoms with Gasteiger partial charge in [-0.2, -0.15) is 0 Å². The van der Waals surface area contributed by atoms with Gasteiger partial charge in [0, 0.05) is 5.92 Å². The van der Waals surface area contributed by atoms with Crippen molar-refractivity contribution >= 4 is 6.29 Å². The van der Waals surface area contributed by atoms with Crippen LogP contribution in [0.4, 0.5) is 0 Å². The van der Waals surface area contributed by atoms with Crippen LogP contribution in [0.15, 0.2) is 0 Å². The number of aldehydes is 1. The van der Waals surface area contributed by atoms with E-state index in [1.54, 1.807) is 0 Å². The molecule has 0 spiro atoms. The molecule has 1 aliphatic rings. The van der Waals surface area contributed by atoms with Crippen molar-refractivity contribution in [3.8, 4) is 0 Å². The third kappa shape index (κ3) is 2.94. The first-order valence-electron chi connectivity index (χ1n) is 5.02. The smallest absolute Gasteiger partial charge is 0.123 e. The van der Waals surface area contributed by atoms with E-state index < -0.39 is 0 Å². The van der Waals surface area contributed by atoms with Gasteiger partial charge in [0.25, 0.3) is 0 Å². The Morgan fingerprint density at radius 2 is 2.08 bits per heavy atom. The third-order valence-corrected chi connectivity index (χ3v) is 2.84. The van der Waals surface area contributed by atoms with Gasteiger partial charge in [-0.3, -0.25) is 0 Å². The number of carbonyl (C=O) groups excluding carboxylic acids is 1. The second-order valence-corrected chi connectivity index (χ2v) is 3.86. The Kier molecular flexibility index (Phi) is 4.30. The Balaban J connectivity index is 2.20. The predicted octanol–water partition coefficient (Wildman–Crippen LogP) is 1.73. The molecule has 0 aromatic carbocycles. The van der Waals surface area contributed by atoms with Crippen molar-refractivity contribution in [2.45, 2.75) is 38.5 Å². The van der Waals surface area contributed by atoms with Crippen LogP contribution in [-0.2, 0) is 4.79 Å². The average Bonchev–Trinajstić information content (AvgIpc) is 2.56. The van der Waals surface area contributed by atoms with Gasteiger partial charge in [0.15, 0.2) is 0 Å². The lowest BCUT2D eigenvalue weighted by Gasteiger charge is -2.13. The van der Waals surface area contributed by atoms with Crippen LogP contribution in [0.5, 0.6) is 0 Å². The van der Waals surface area contributed by atoms with Crippen LogP contribution in [0.1, 0.15) is 38.5 Å². The predicted molar refractivity (Wildman–Crippen MR) is 49.8 cm³/mol. The van der Waals surface area contributed by atoms with Gasteiger partial charge in [-0.25, -0.2) is 0 Å². The number of hydrogen-bond donors (Lipinski definition) is 1. The molecule has 0 aromatic heterocycles. The molecule has 0 heterocycles. The van der Waals surface area contributed by atoms with Gasteiger partial charge in [0.2, 0.25) is 0 Å². The minimum absolute atomic E-state index is 0.234. The monoisotopic (exact) mass is 169 g/mol.